The molecule has 20 heavy (non-hydrogen) atoms. The highest BCUT2D eigenvalue weighted by atomic mass is 16.4. The van der Waals surface area contributed by atoms with Gasteiger partial charge in [-0.25, -0.2) is 4.79 Å². The molecule has 2 N–H and O–H groups in total. The highest BCUT2D eigenvalue weighted by Crippen LogP contribution is 2.19. The van der Waals surface area contributed by atoms with Gasteiger partial charge in [-0.05, 0) is 0 Å². The first kappa shape index (κ1) is 15.3. The summed E-state index contributed by atoms with van der Waals surface area (Å²) in [6, 6.07) is 0. The zero-order chi connectivity index (χ0) is 14.8. The van der Waals surface area contributed by atoms with E-state index in [9.17, 15) is 14.7 Å². The van der Waals surface area contributed by atoms with Gasteiger partial charge in [0.15, 0.2) is 6.54 Å². The molecule has 0 atom stereocenters. The van der Waals surface area contributed by atoms with E-state index in [-0.39, 0.29) is 18.4 Å². The van der Waals surface area contributed by atoms with Crippen molar-refractivity contribution < 1.29 is 19.2 Å². The number of nitrogens with zero attached hydrogens (tertiary/aromatic N) is 2. The van der Waals surface area contributed by atoms with Gasteiger partial charge in [0.05, 0.1) is 32.7 Å². The van der Waals surface area contributed by atoms with Crippen LogP contribution in [0.4, 0.5) is 0 Å². The molecular weight excluding hydrogens is 258 g/mol. The van der Waals surface area contributed by atoms with E-state index in [1.807, 2.05) is 18.7 Å². The number of hydrogen-bond donors (Lipinski definition) is 2. The lowest BCUT2D eigenvalue weighted by atomic mass is 10.00. The molecule has 0 aliphatic carbocycles. The van der Waals surface area contributed by atoms with Gasteiger partial charge in [-0.1, -0.05) is 13.8 Å². The molecule has 2 heterocycles. The van der Waals surface area contributed by atoms with Gasteiger partial charge in [-0.3, -0.25) is 4.79 Å². The molecule has 0 spiro atoms. The van der Waals surface area contributed by atoms with E-state index in [4.69, 9.17) is 0 Å². The van der Waals surface area contributed by atoms with Crippen molar-refractivity contribution in [3.05, 3.63) is 0 Å². The Morgan fingerprint density at radius 2 is 1.90 bits per heavy atom. The minimum Gasteiger partial charge on any atom is -0.477 e. The first-order valence-electron chi connectivity index (χ1n) is 7.48. The Bertz CT molecular complexity index is 372. The maximum absolute atomic E-state index is 12.0. The summed E-state index contributed by atoms with van der Waals surface area (Å²) in [5.41, 5.74) is 0. The van der Waals surface area contributed by atoms with Crippen LogP contribution in [0.15, 0.2) is 0 Å². The summed E-state index contributed by atoms with van der Waals surface area (Å²) in [4.78, 5) is 25.1. The molecule has 0 unspecified atom stereocenters. The number of hydrogen-bond acceptors (Lipinski definition) is 3. The molecule has 1 amide bonds. The van der Waals surface area contributed by atoms with E-state index >= 15 is 0 Å². The number of piperazine rings is 1. The van der Waals surface area contributed by atoms with Crippen LogP contribution in [-0.2, 0) is 9.59 Å². The van der Waals surface area contributed by atoms with E-state index in [0.717, 1.165) is 32.7 Å². The van der Waals surface area contributed by atoms with Crippen molar-refractivity contribution in [3.8, 4) is 0 Å². The smallest absolute Gasteiger partial charge is 0.359 e. The molecule has 2 fully saturated rings. The maximum Gasteiger partial charge on any atom is 0.359 e. The van der Waals surface area contributed by atoms with Crippen LogP contribution in [0.1, 0.15) is 13.8 Å². The Morgan fingerprint density at radius 3 is 2.30 bits per heavy atom. The second-order valence-corrected chi connectivity index (χ2v) is 6.53. The summed E-state index contributed by atoms with van der Waals surface area (Å²) >= 11 is 0. The van der Waals surface area contributed by atoms with Gasteiger partial charge in [-0.15, -0.1) is 0 Å². The third-order valence-electron chi connectivity index (χ3n) is 4.48. The van der Waals surface area contributed by atoms with Crippen LogP contribution in [0.2, 0.25) is 0 Å². The Kier molecular flexibility index (Phi) is 4.65. The van der Waals surface area contributed by atoms with Gasteiger partial charge in [-0.2, -0.15) is 0 Å². The lowest BCUT2D eigenvalue weighted by molar-refractivity contribution is -0.928. The van der Waals surface area contributed by atoms with Gasteiger partial charge in [0.1, 0.15) is 0 Å². The van der Waals surface area contributed by atoms with Crippen LogP contribution in [-0.4, -0.2) is 78.7 Å². The van der Waals surface area contributed by atoms with Gasteiger partial charge < -0.3 is 19.8 Å². The lowest BCUT2D eigenvalue weighted by Crippen LogP contribution is -2.66. The Hall–Kier alpha value is -1.14. The quantitative estimate of drug-likeness (QED) is 0.674. The number of quaternary nitrogens is 1. The fraction of sp³-hybridized carbons (Fsp3) is 0.857. The molecule has 2 saturated heterocycles. The van der Waals surface area contributed by atoms with E-state index in [0.29, 0.717) is 23.5 Å². The first-order chi connectivity index (χ1) is 9.42. The monoisotopic (exact) mass is 284 g/mol. The van der Waals surface area contributed by atoms with Crippen LogP contribution in [0, 0.1) is 11.8 Å². The SMILES string of the molecule is CC(C)C(=O)N1CC[N+](CC(=O)O)(CC2CNC2)CC1. The zero-order valence-corrected chi connectivity index (χ0v) is 12.5. The average molecular weight is 284 g/mol. The molecule has 2 aliphatic heterocycles. The normalized spacial score (nSPS) is 22.6. The summed E-state index contributed by atoms with van der Waals surface area (Å²) in [7, 11) is 0. The summed E-state index contributed by atoms with van der Waals surface area (Å²) in [5.74, 6) is 0.0522. The second kappa shape index (κ2) is 6.10. The number of carbonyl (C=O) groups excluding carboxylic acids is 1. The third kappa shape index (κ3) is 3.49. The zero-order valence-electron chi connectivity index (χ0n) is 12.5. The Morgan fingerprint density at radius 1 is 1.30 bits per heavy atom. The number of rotatable bonds is 5. The lowest BCUT2D eigenvalue weighted by Gasteiger charge is -2.47. The third-order valence-corrected chi connectivity index (χ3v) is 4.48. The van der Waals surface area contributed by atoms with E-state index in [2.05, 4.69) is 5.32 Å². The predicted octanol–water partition coefficient (Wildman–Crippen LogP) is -0.395. The Balaban J connectivity index is 1.96. The van der Waals surface area contributed by atoms with Crippen molar-refractivity contribution in [2.75, 3.05) is 52.4 Å². The summed E-state index contributed by atoms with van der Waals surface area (Å²) in [5, 5.41) is 12.4. The number of aliphatic carboxylic acids is 1. The predicted molar refractivity (Wildman–Crippen MR) is 75.1 cm³/mol. The molecular formula is C14H26N3O3+. The molecule has 0 radical (unpaired) electrons. The van der Waals surface area contributed by atoms with Crippen molar-refractivity contribution in [1.29, 1.82) is 0 Å². The average Bonchev–Trinajstić information content (AvgIpc) is 2.33. The molecule has 6 heteroatoms. The summed E-state index contributed by atoms with van der Waals surface area (Å²) in [6.07, 6.45) is 0. The Labute approximate surface area is 120 Å². The summed E-state index contributed by atoms with van der Waals surface area (Å²) < 4.78 is 0.629. The molecule has 0 saturated carbocycles. The first-order valence-corrected chi connectivity index (χ1v) is 7.48. The van der Waals surface area contributed by atoms with Gasteiger partial charge in [0, 0.05) is 24.9 Å². The largest absolute Gasteiger partial charge is 0.477 e. The fourth-order valence-electron chi connectivity index (χ4n) is 3.19. The van der Waals surface area contributed by atoms with Crippen LogP contribution in [0.5, 0.6) is 0 Å². The molecule has 6 nitrogen and oxygen atoms in total. The van der Waals surface area contributed by atoms with Crippen LogP contribution >= 0.6 is 0 Å². The topological polar surface area (TPSA) is 69.6 Å². The van der Waals surface area contributed by atoms with Gasteiger partial charge >= 0.3 is 5.97 Å². The van der Waals surface area contributed by atoms with Gasteiger partial charge in [0.2, 0.25) is 5.91 Å². The molecule has 114 valence electrons. The highest BCUT2D eigenvalue weighted by molar-refractivity contribution is 5.78. The van der Waals surface area contributed by atoms with Crippen LogP contribution in [0.3, 0.4) is 0 Å². The van der Waals surface area contributed by atoms with Crippen molar-refractivity contribution in [2.24, 2.45) is 11.8 Å². The number of carboxylic acids is 1. The maximum atomic E-state index is 12.0. The second-order valence-electron chi connectivity index (χ2n) is 6.53. The molecule has 0 aromatic rings. The minimum atomic E-state index is -0.735. The number of amides is 1. The van der Waals surface area contributed by atoms with Crippen LogP contribution in [0.25, 0.3) is 0 Å². The van der Waals surface area contributed by atoms with Crippen molar-refractivity contribution in [3.63, 3.8) is 0 Å². The minimum absolute atomic E-state index is 0.0188. The highest BCUT2D eigenvalue weighted by Gasteiger charge is 2.39. The molecule has 0 aromatic carbocycles. The van der Waals surface area contributed by atoms with Crippen molar-refractivity contribution in [2.45, 2.75) is 13.8 Å². The molecule has 2 rings (SSSR count). The molecule has 0 bridgehead atoms. The standard InChI is InChI=1S/C14H25N3O3/c1-11(2)14(20)16-3-5-17(6-4-16,10-13(18)19)9-12-7-15-8-12/h11-12,15H,3-10H2,1-2H3/p+1. The van der Waals surface area contributed by atoms with E-state index in [1.165, 1.54) is 0 Å². The van der Waals surface area contributed by atoms with E-state index < -0.39 is 5.97 Å². The summed E-state index contributed by atoms with van der Waals surface area (Å²) in [6.45, 7) is 9.82. The fourth-order valence-corrected chi connectivity index (χ4v) is 3.19. The van der Waals surface area contributed by atoms with E-state index in [1.54, 1.807) is 0 Å². The number of carbonyl (C=O) groups is 2. The van der Waals surface area contributed by atoms with Crippen molar-refractivity contribution in [1.82, 2.24) is 10.2 Å². The van der Waals surface area contributed by atoms with Gasteiger partial charge in [0.25, 0.3) is 0 Å². The molecule has 2 aliphatic rings. The number of nitrogens with one attached hydrogen (secondary N) is 1. The molecule has 0 aromatic heterocycles. The van der Waals surface area contributed by atoms with Crippen molar-refractivity contribution >= 4 is 11.9 Å². The number of carboxylic acid groups (broad SMARTS) is 1. The van der Waals surface area contributed by atoms with Crippen LogP contribution < -0.4 is 5.32 Å².